The Bertz CT molecular complexity index is 554. The molecule has 0 aliphatic heterocycles. The van der Waals surface area contributed by atoms with Gasteiger partial charge in [0, 0.05) is 30.1 Å². The quantitative estimate of drug-likeness (QED) is 0.839. The monoisotopic (exact) mass is 269 g/mol. The Morgan fingerprint density at radius 3 is 2.83 bits per heavy atom. The summed E-state index contributed by atoms with van der Waals surface area (Å²) in [5.74, 6) is -1.39. The molecule has 18 heavy (non-hydrogen) atoms. The van der Waals surface area contributed by atoms with E-state index in [-0.39, 0.29) is 11.4 Å². The molecule has 0 fully saturated rings. The van der Waals surface area contributed by atoms with Gasteiger partial charge in [-0.25, -0.2) is 13.8 Å². The second-order valence-electron chi connectivity index (χ2n) is 3.91. The second-order valence-corrected chi connectivity index (χ2v) is 4.85. The number of nitrogens with one attached hydrogen (secondary N) is 1. The molecule has 2 aromatic rings. The summed E-state index contributed by atoms with van der Waals surface area (Å²) >= 11 is 1.56. The van der Waals surface area contributed by atoms with Crippen molar-refractivity contribution in [2.45, 2.75) is 13.3 Å². The van der Waals surface area contributed by atoms with E-state index >= 15 is 0 Å². The molecule has 1 aromatic heterocycles. The molecular weight excluding hydrogens is 256 g/mol. The number of nitrogens with two attached hydrogens (primary N) is 1. The van der Waals surface area contributed by atoms with Crippen LogP contribution in [0.2, 0.25) is 0 Å². The molecule has 0 saturated heterocycles. The normalized spacial score (nSPS) is 10.6. The first-order valence-corrected chi connectivity index (χ1v) is 6.33. The van der Waals surface area contributed by atoms with Crippen molar-refractivity contribution >= 4 is 22.7 Å². The van der Waals surface area contributed by atoms with Gasteiger partial charge >= 0.3 is 0 Å². The van der Waals surface area contributed by atoms with Crippen molar-refractivity contribution in [3.8, 4) is 0 Å². The number of rotatable bonds is 4. The van der Waals surface area contributed by atoms with E-state index in [4.69, 9.17) is 5.73 Å². The lowest BCUT2D eigenvalue weighted by Crippen LogP contribution is -2.08. The number of aryl methyl sites for hydroxylation is 1. The van der Waals surface area contributed by atoms with E-state index in [2.05, 4.69) is 10.3 Å². The molecule has 0 saturated carbocycles. The van der Waals surface area contributed by atoms with Gasteiger partial charge in [-0.3, -0.25) is 0 Å². The van der Waals surface area contributed by atoms with Gasteiger partial charge in [-0.15, -0.1) is 11.3 Å². The van der Waals surface area contributed by atoms with E-state index in [0.29, 0.717) is 13.0 Å². The fraction of sp³-hybridized carbons (Fsp3) is 0.250. The van der Waals surface area contributed by atoms with Crippen LogP contribution in [0.4, 0.5) is 20.2 Å². The summed E-state index contributed by atoms with van der Waals surface area (Å²) in [6, 6.07) is 1.95. The lowest BCUT2D eigenvalue weighted by molar-refractivity contribution is 0.587. The summed E-state index contributed by atoms with van der Waals surface area (Å²) in [7, 11) is 0. The lowest BCUT2D eigenvalue weighted by Gasteiger charge is -2.09. The van der Waals surface area contributed by atoms with Crippen molar-refractivity contribution in [1.29, 1.82) is 0 Å². The molecule has 0 unspecified atom stereocenters. The Balaban J connectivity index is 1.98. The first-order chi connectivity index (χ1) is 8.56. The van der Waals surface area contributed by atoms with Crippen LogP contribution in [0.25, 0.3) is 0 Å². The van der Waals surface area contributed by atoms with E-state index in [9.17, 15) is 8.78 Å². The fourth-order valence-corrected chi connectivity index (χ4v) is 2.33. The highest BCUT2D eigenvalue weighted by Crippen LogP contribution is 2.23. The van der Waals surface area contributed by atoms with Crippen molar-refractivity contribution < 1.29 is 8.78 Å². The number of anilines is 2. The van der Waals surface area contributed by atoms with Crippen LogP contribution in [0, 0.1) is 18.6 Å². The summed E-state index contributed by atoms with van der Waals surface area (Å²) in [5, 5.41) is 5.86. The third kappa shape index (κ3) is 2.95. The number of nitrogen functional groups attached to an aromatic ring is 1. The predicted octanol–water partition coefficient (Wildman–Crippen LogP) is 2.97. The fourth-order valence-electron chi connectivity index (χ4n) is 1.55. The maximum Gasteiger partial charge on any atom is 0.151 e. The first kappa shape index (κ1) is 12.8. The number of aromatic nitrogens is 1. The molecule has 0 atom stereocenters. The van der Waals surface area contributed by atoms with Crippen molar-refractivity contribution in [2.75, 3.05) is 17.6 Å². The van der Waals surface area contributed by atoms with Gasteiger partial charge in [-0.2, -0.15) is 0 Å². The minimum Gasteiger partial charge on any atom is -0.395 e. The molecule has 6 heteroatoms. The maximum absolute atomic E-state index is 13.2. The molecular formula is C12H13F2N3S. The van der Waals surface area contributed by atoms with Crippen LogP contribution in [0.5, 0.6) is 0 Å². The van der Waals surface area contributed by atoms with Crippen molar-refractivity contribution in [2.24, 2.45) is 0 Å². The van der Waals surface area contributed by atoms with Gasteiger partial charge < -0.3 is 11.1 Å². The van der Waals surface area contributed by atoms with Crippen LogP contribution in [0.1, 0.15) is 10.7 Å². The standard InChI is InChI=1S/C12H13F2N3S/c1-7-6-18-11(17-7)2-3-16-10-5-8(13)4-9(14)12(10)15/h4-6,16H,2-3,15H2,1H3. The summed E-state index contributed by atoms with van der Waals surface area (Å²) in [5.41, 5.74) is 6.71. The SMILES string of the molecule is Cc1csc(CCNc2cc(F)cc(F)c2N)n1. The zero-order valence-corrected chi connectivity index (χ0v) is 10.7. The summed E-state index contributed by atoms with van der Waals surface area (Å²) < 4.78 is 26.2. The highest BCUT2D eigenvalue weighted by molar-refractivity contribution is 7.09. The van der Waals surface area contributed by atoms with Crippen molar-refractivity contribution in [3.63, 3.8) is 0 Å². The molecule has 1 aromatic carbocycles. The predicted molar refractivity (Wildman–Crippen MR) is 69.8 cm³/mol. The summed E-state index contributed by atoms with van der Waals surface area (Å²) in [4.78, 5) is 4.30. The Hall–Kier alpha value is -1.69. The number of benzene rings is 1. The summed E-state index contributed by atoms with van der Waals surface area (Å²) in [6.45, 7) is 2.45. The van der Waals surface area contributed by atoms with E-state index in [1.807, 2.05) is 12.3 Å². The highest BCUT2D eigenvalue weighted by atomic mass is 32.1. The van der Waals surface area contributed by atoms with Gasteiger partial charge in [0.1, 0.15) is 5.82 Å². The van der Waals surface area contributed by atoms with Crippen molar-refractivity contribution in [3.05, 3.63) is 39.8 Å². The van der Waals surface area contributed by atoms with Gasteiger partial charge in [0.15, 0.2) is 5.82 Å². The Labute approximate surface area is 108 Å². The topological polar surface area (TPSA) is 50.9 Å². The van der Waals surface area contributed by atoms with Gasteiger partial charge in [-0.05, 0) is 13.0 Å². The zero-order chi connectivity index (χ0) is 13.1. The third-order valence-corrected chi connectivity index (χ3v) is 3.44. The number of halogens is 2. The number of hydrogen-bond donors (Lipinski definition) is 2. The molecule has 2 rings (SSSR count). The van der Waals surface area contributed by atoms with E-state index in [1.165, 1.54) is 6.07 Å². The Morgan fingerprint density at radius 2 is 2.17 bits per heavy atom. The molecule has 0 spiro atoms. The smallest absolute Gasteiger partial charge is 0.151 e. The largest absolute Gasteiger partial charge is 0.395 e. The number of thiazole rings is 1. The Morgan fingerprint density at radius 1 is 1.39 bits per heavy atom. The zero-order valence-electron chi connectivity index (χ0n) is 9.84. The van der Waals surface area contributed by atoms with Crippen LogP contribution in [-0.4, -0.2) is 11.5 Å². The minimum atomic E-state index is -0.748. The van der Waals surface area contributed by atoms with E-state index in [0.717, 1.165) is 16.8 Å². The van der Waals surface area contributed by atoms with E-state index in [1.54, 1.807) is 11.3 Å². The molecule has 96 valence electrons. The molecule has 0 radical (unpaired) electrons. The van der Waals surface area contributed by atoms with Crippen LogP contribution in [0.15, 0.2) is 17.5 Å². The molecule has 3 nitrogen and oxygen atoms in total. The van der Waals surface area contributed by atoms with Crippen LogP contribution in [-0.2, 0) is 6.42 Å². The third-order valence-electron chi connectivity index (χ3n) is 2.42. The van der Waals surface area contributed by atoms with Gasteiger partial charge in [0.05, 0.1) is 16.4 Å². The molecule has 3 N–H and O–H groups in total. The summed E-state index contributed by atoms with van der Waals surface area (Å²) in [6.07, 6.45) is 0.691. The molecule has 0 aliphatic carbocycles. The first-order valence-electron chi connectivity index (χ1n) is 5.45. The van der Waals surface area contributed by atoms with Crippen LogP contribution in [0.3, 0.4) is 0 Å². The van der Waals surface area contributed by atoms with E-state index < -0.39 is 11.6 Å². The average molecular weight is 269 g/mol. The van der Waals surface area contributed by atoms with Gasteiger partial charge in [0.2, 0.25) is 0 Å². The molecule has 0 bridgehead atoms. The maximum atomic E-state index is 13.2. The molecule has 0 aliphatic rings. The van der Waals surface area contributed by atoms with Crippen molar-refractivity contribution in [1.82, 2.24) is 4.98 Å². The number of hydrogen-bond acceptors (Lipinski definition) is 4. The molecule has 1 heterocycles. The van der Waals surface area contributed by atoms with Gasteiger partial charge in [-0.1, -0.05) is 0 Å². The highest BCUT2D eigenvalue weighted by Gasteiger charge is 2.08. The van der Waals surface area contributed by atoms with Crippen LogP contribution < -0.4 is 11.1 Å². The average Bonchev–Trinajstić information content (AvgIpc) is 2.71. The van der Waals surface area contributed by atoms with Gasteiger partial charge in [0.25, 0.3) is 0 Å². The van der Waals surface area contributed by atoms with Crippen LogP contribution >= 0.6 is 11.3 Å². The second kappa shape index (κ2) is 5.30. The minimum absolute atomic E-state index is 0.0632. The molecule has 0 amide bonds. The number of nitrogens with zero attached hydrogens (tertiary/aromatic N) is 1. The Kier molecular flexibility index (Phi) is 3.76. The lowest BCUT2D eigenvalue weighted by atomic mass is 10.2.